The van der Waals surface area contributed by atoms with Gasteiger partial charge in [-0.05, 0) is 39.7 Å². The third-order valence-corrected chi connectivity index (χ3v) is 3.51. The summed E-state index contributed by atoms with van der Waals surface area (Å²) < 4.78 is 0. The third-order valence-electron chi connectivity index (χ3n) is 3.51. The van der Waals surface area contributed by atoms with E-state index in [1.807, 2.05) is 37.3 Å². The third kappa shape index (κ3) is 4.48. The number of carboxylic acids is 1. The van der Waals surface area contributed by atoms with Crippen LogP contribution in [0.2, 0.25) is 0 Å². The first-order valence-corrected chi connectivity index (χ1v) is 7.14. The van der Waals surface area contributed by atoms with Gasteiger partial charge in [-0.2, -0.15) is 0 Å². The molecule has 0 saturated carbocycles. The van der Waals surface area contributed by atoms with Gasteiger partial charge < -0.3 is 15.3 Å². The Balaban J connectivity index is 2.68. The van der Waals surface area contributed by atoms with Gasteiger partial charge in [0, 0.05) is 12.6 Å². The van der Waals surface area contributed by atoms with Crippen molar-refractivity contribution in [3.05, 3.63) is 35.9 Å². The first-order chi connectivity index (χ1) is 9.78. The minimum absolute atomic E-state index is 0.0708. The van der Waals surface area contributed by atoms with E-state index in [1.54, 1.807) is 6.92 Å². The average molecular weight is 292 g/mol. The lowest BCUT2D eigenvalue weighted by atomic mass is 10.0. The molecule has 0 aliphatic heterocycles. The largest absolute Gasteiger partial charge is 0.480 e. The number of nitrogens with one attached hydrogen (secondary N) is 1. The molecule has 1 aromatic rings. The van der Waals surface area contributed by atoms with Gasteiger partial charge in [-0.15, -0.1) is 0 Å². The second kappa shape index (κ2) is 7.11. The molecule has 0 fully saturated rings. The van der Waals surface area contributed by atoms with Crippen molar-refractivity contribution in [1.29, 1.82) is 0 Å². The standard InChI is InChI=1S/C16H24N2O3/c1-5-18(16(3,4)14(19)20)15(21)17-12(2)11-13-9-7-6-8-10-13/h6-10,12H,5,11H2,1-4H3,(H,17,21)(H,19,20). The van der Waals surface area contributed by atoms with Crippen molar-refractivity contribution >= 4 is 12.0 Å². The van der Waals surface area contributed by atoms with Gasteiger partial charge in [0.1, 0.15) is 5.54 Å². The van der Waals surface area contributed by atoms with E-state index in [2.05, 4.69) is 5.32 Å². The van der Waals surface area contributed by atoms with E-state index in [-0.39, 0.29) is 12.1 Å². The van der Waals surface area contributed by atoms with Crippen molar-refractivity contribution in [2.24, 2.45) is 0 Å². The Hall–Kier alpha value is -2.04. The van der Waals surface area contributed by atoms with Gasteiger partial charge in [-0.1, -0.05) is 30.3 Å². The zero-order chi connectivity index (χ0) is 16.0. The van der Waals surface area contributed by atoms with Crippen LogP contribution in [0.3, 0.4) is 0 Å². The van der Waals surface area contributed by atoms with E-state index in [1.165, 1.54) is 18.7 Å². The van der Waals surface area contributed by atoms with Crippen LogP contribution >= 0.6 is 0 Å². The molecule has 1 unspecified atom stereocenters. The Kier molecular flexibility index (Phi) is 5.76. The van der Waals surface area contributed by atoms with Crippen molar-refractivity contribution < 1.29 is 14.7 Å². The molecule has 0 heterocycles. The van der Waals surface area contributed by atoms with E-state index in [4.69, 9.17) is 0 Å². The molecule has 0 aromatic heterocycles. The van der Waals surface area contributed by atoms with Crippen molar-refractivity contribution in [3.63, 3.8) is 0 Å². The Labute approximate surface area is 126 Å². The Morgan fingerprint density at radius 3 is 2.33 bits per heavy atom. The second-order valence-electron chi connectivity index (χ2n) is 5.65. The predicted octanol–water partition coefficient (Wildman–Crippen LogP) is 2.51. The maximum absolute atomic E-state index is 12.3. The van der Waals surface area contributed by atoms with Gasteiger partial charge in [0.2, 0.25) is 0 Å². The predicted molar refractivity (Wildman–Crippen MR) is 82.2 cm³/mol. The summed E-state index contributed by atoms with van der Waals surface area (Å²) in [5.74, 6) is -1.02. The number of urea groups is 1. The van der Waals surface area contributed by atoms with Gasteiger partial charge in [-0.3, -0.25) is 0 Å². The van der Waals surface area contributed by atoms with Crippen LogP contribution in [0.15, 0.2) is 30.3 Å². The lowest BCUT2D eigenvalue weighted by Crippen LogP contribution is -2.57. The molecule has 0 bridgehead atoms. The molecular formula is C16H24N2O3. The Morgan fingerprint density at radius 1 is 1.29 bits per heavy atom. The summed E-state index contributed by atoms with van der Waals surface area (Å²) in [7, 11) is 0. The van der Waals surface area contributed by atoms with Crippen molar-refractivity contribution in [1.82, 2.24) is 10.2 Å². The van der Waals surface area contributed by atoms with E-state index in [9.17, 15) is 14.7 Å². The van der Waals surface area contributed by atoms with Crippen LogP contribution in [0.25, 0.3) is 0 Å². The molecule has 0 aliphatic rings. The highest BCUT2D eigenvalue weighted by Crippen LogP contribution is 2.15. The summed E-state index contributed by atoms with van der Waals surface area (Å²) in [6.45, 7) is 7.07. The fraction of sp³-hybridized carbons (Fsp3) is 0.500. The molecule has 1 rings (SSSR count). The van der Waals surface area contributed by atoms with E-state index in [0.29, 0.717) is 13.0 Å². The molecule has 1 aromatic carbocycles. The lowest BCUT2D eigenvalue weighted by Gasteiger charge is -2.35. The van der Waals surface area contributed by atoms with Crippen molar-refractivity contribution in [3.8, 4) is 0 Å². The topological polar surface area (TPSA) is 69.6 Å². The molecule has 0 aliphatic carbocycles. The minimum atomic E-state index is -1.23. The zero-order valence-electron chi connectivity index (χ0n) is 13.1. The number of hydrogen-bond acceptors (Lipinski definition) is 2. The minimum Gasteiger partial charge on any atom is -0.480 e. The number of hydrogen-bond donors (Lipinski definition) is 2. The van der Waals surface area contributed by atoms with Gasteiger partial charge in [-0.25, -0.2) is 9.59 Å². The molecule has 2 N–H and O–H groups in total. The van der Waals surface area contributed by atoms with Gasteiger partial charge in [0.25, 0.3) is 0 Å². The van der Waals surface area contributed by atoms with Crippen LogP contribution in [-0.4, -0.2) is 40.1 Å². The molecular weight excluding hydrogens is 268 g/mol. The lowest BCUT2D eigenvalue weighted by molar-refractivity contribution is -0.147. The summed E-state index contributed by atoms with van der Waals surface area (Å²) in [4.78, 5) is 24.9. The van der Waals surface area contributed by atoms with Gasteiger partial charge in [0.15, 0.2) is 0 Å². The molecule has 5 nitrogen and oxygen atoms in total. The molecule has 0 radical (unpaired) electrons. The fourth-order valence-electron chi connectivity index (χ4n) is 2.22. The summed E-state index contributed by atoms with van der Waals surface area (Å²) in [6, 6.07) is 9.43. The monoisotopic (exact) mass is 292 g/mol. The molecule has 0 saturated heterocycles. The number of nitrogens with zero attached hydrogens (tertiary/aromatic N) is 1. The van der Waals surface area contributed by atoms with E-state index >= 15 is 0 Å². The number of carboxylic acid groups (broad SMARTS) is 1. The van der Waals surface area contributed by atoms with Crippen LogP contribution in [0.4, 0.5) is 4.79 Å². The first-order valence-electron chi connectivity index (χ1n) is 7.14. The highest BCUT2D eigenvalue weighted by molar-refractivity contribution is 5.85. The number of aliphatic carboxylic acids is 1. The number of benzene rings is 1. The van der Waals surface area contributed by atoms with E-state index in [0.717, 1.165) is 5.56 Å². The molecule has 2 amide bonds. The first kappa shape index (κ1) is 17.0. The Morgan fingerprint density at radius 2 is 1.86 bits per heavy atom. The summed E-state index contributed by atoms with van der Waals surface area (Å²) in [6.07, 6.45) is 0.706. The molecule has 5 heteroatoms. The van der Waals surface area contributed by atoms with Crippen LogP contribution in [0.1, 0.15) is 33.3 Å². The Bertz CT molecular complexity index is 486. The average Bonchev–Trinajstić information content (AvgIpc) is 2.39. The molecule has 1 atom stereocenters. The maximum atomic E-state index is 12.3. The number of carbonyl (C=O) groups is 2. The van der Waals surface area contributed by atoms with Crippen molar-refractivity contribution in [2.75, 3.05) is 6.54 Å². The number of amides is 2. The van der Waals surface area contributed by atoms with Gasteiger partial charge >= 0.3 is 12.0 Å². The number of rotatable bonds is 6. The SMILES string of the molecule is CCN(C(=O)NC(C)Cc1ccccc1)C(C)(C)C(=O)O. The maximum Gasteiger partial charge on any atom is 0.329 e. The second-order valence-corrected chi connectivity index (χ2v) is 5.65. The summed E-state index contributed by atoms with van der Waals surface area (Å²) >= 11 is 0. The molecule has 0 spiro atoms. The van der Waals surface area contributed by atoms with Crippen LogP contribution < -0.4 is 5.32 Å². The normalized spacial score (nSPS) is 12.6. The number of likely N-dealkylation sites (N-methyl/N-ethyl adjacent to an activating group) is 1. The van der Waals surface area contributed by atoms with Crippen molar-refractivity contribution in [2.45, 2.75) is 45.7 Å². The quantitative estimate of drug-likeness (QED) is 0.846. The number of carbonyl (C=O) groups excluding carboxylic acids is 1. The van der Waals surface area contributed by atoms with Crippen LogP contribution in [-0.2, 0) is 11.2 Å². The van der Waals surface area contributed by atoms with Crippen LogP contribution in [0, 0.1) is 0 Å². The zero-order valence-corrected chi connectivity index (χ0v) is 13.1. The summed E-state index contributed by atoms with van der Waals surface area (Å²) in [5.41, 5.74) is -0.100. The summed E-state index contributed by atoms with van der Waals surface area (Å²) in [5, 5.41) is 12.1. The van der Waals surface area contributed by atoms with Crippen LogP contribution in [0.5, 0.6) is 0 Å². The van der Waals surface area contributed by atoms with E-state index < -0.39 is 11.5 Å². The molecule has 116 valence electrons. The molecule has 21 heavy (non-hydrogen) atoms. The van der Waals surface area contributed by atoms with Gasteiger partial charge in [0.05, 0.1) is 0 Å². The highest BCUT2D eigenvalue weighted by atomic mass is 16.4. The highest BCUT2D eigenvalue weighted by Gasteiger charge is 2.37. The smallest absolute Gasteiger partial charge is 0.329 e. The fourth-order valence-corrected chi connectivity index (χ4v) is 2.22.